The lowest BCUT2D eigenvalue weighted by Crippen LogP contribution is -2.32. The van der Waals surface area contributed by atoms with Crippen LogP contribution in [0, 0.1) is 23.1 Å². The summed E-state index contributed by atoms with van der Waals surface area (Å²) in [4.78, 5) is 13.4. The minimum atomic E-state index is -0.390. The van der Waals surface area contributed by atoms with Crippen LogP contribution in [0.25, 0.3) is 0 Å². The lowest BCUT2D eigenvalue weighted by atomic mass is 10.2. The van der Waals surface area contributed by atoms with E-state index >= 15 is 0 Å². The molecule has 1 aromatic carbocycles. The Balaban J connectivity index is 2.45. The van der Waals surface area contributed by atoms with E-state index in [0.29, 0.717) is 12.2 Å². The molecule has 0 heterocycles. The van der Waals surface area contributed by atoms with Crippen LogP contribution in [0.1, 0.15) is 6.92 Å². The van der Waals surface area contributed by atoms with Crippen LogP contribution in [0.3, 0.4) is 0 Å². The number of hydrogen-bond donors (Lipinski definition) is 1. The zero-order valence-corrected chi connectivity index (χ0v) is 10.5. The third kappa shape index (κ3) is 4.93. The largest absolute Gasteiger partial charge is 0.325 e. The first-order valence-electron chi connectivity index (χ1n) is 5.65. The number of carbonyl (C=O) groups excluding carboxylic acids is 1. The molecule has 4 nitrogen and oxygen atoms in total. The number of rotatable bonds is 5. The van der Waals surface area contributed by atoms with Crippen molar-refractivity contribution in [3.63, 3.8) is 0 Å². The summed E-state index contributed by atoms with van der Waals surface area (Å²) in [5.41, 5.74) is 0.432. The highest BCUT2D eigenvalue weighted by molar-refractivity contribution is 5.92. The highest BCUT2D eigenvalue weighted by atomic mass is 19.1. The van der Waals surface area contributed by atoms with Gasteiger partial charge in [0.25, 0.3) is 0 Å². The van der Waals surface area contributed by atoms with Crippen molar-refractivity contribution in [2.75, 3.05) is 25.5 Å². The number of nitrogens with zero attached hydrogens (tertiary/aromatic N) is 2. The predicted octanol–water partition coefficient (Wildman–Crippen LogP) is 1.86. The van der Waals surface area contributed by atoms with E-state index in [4.69, 9.17) is 5.26 Å². The average molecular weight is 249 g/mol. The number of anilines is 1. The highest BCUT2D eigenvalue weighted by Crippen LogP contribution is 2.08. The number of amides is 1. The van der Waals surface area contributed by atoms with Crippen molar-refractivity contribution < 1.29 is 9.18 Å². The number of hydrogen-bond acceptors (Lipinski definition) is 3. The number of benzene rings is 1. The van der Waals surface area contributed by atoms with Crippen LogP contribution in [0.15, 0.2) is 24.3 Å². The maximum atomic E-state index is 12.9. The fourth-order valence-corrected chi connectivity index (χ4v) is 1.58. The van der Waals surface area contributed by atoms with Crippen LogP contribution >= 0.6 is 0 Å². The molecular formula is C13H16FN3O. The summed E-state index contributed by atoms with van der Waals surface area (Å²) >= 11 is 0. The standard InChI is InChI=1S/C13H16FN3O/c1-10(7-15)8-17(2)9-13(18)16-12-5-3-4-11(14)6-12/h3-6,10H,8-9H2,1-2H3,(H,16,18). The van der Waals surface area contributed by atoms with Crippen LogP contribution in [-0.4, -0.2) is 30.9 Å². The zero-order valence-electron chi connectivity index (χ0n) is 10.5. The molecule has 5 heteroatoms. The zero-order chi connectivity index (χ0) is 13.5. The van der Waals surface area contributed by atoms with E-state index in [1.165, 1.54) is 18.2 Å². The van der Waals surface area contributed by atoms with E-state index in [2.05, 4.69) is 11.4 Å². The quantitative estimate of drug-likeness (QED) is 0.866. The summed E-state index contributed by atoms with van der Waals surface area (Å²) in [5, 5.41) is 11.3. The van der Waals surface area contributed by atoms with E-state index in [-0.39, 0.29) is 24.2 Å². The molecule has 0 fully saturated rings. The fraction of sp³-hybridized carbons (Fsp3) is 0.385. The molecule has 18 heavy (non-hydrogen) atoms. The smallest absolute Gasteiger partial charge is 0.238 e. The number of likely N-dealkylation sites (N-methyl/N-ethyl adjacent to an activating group) is 1. The van der Waals surface area contributed by atoms with Crippen LogP contribution in [-0.2, 0) is 4.79 Å². The Kier molecular flexibility index (Phi) is 5.28. The predicted molar refractivity (Wildman–Crippen MR) is 67.3 cm³/mol. The van der Waals surface area contributed by atoms with Gasteiger partial charge >= 0.3 is 0 Å². The maximum Gasteiger partial charge on any atom is 0.238 e. The molecule has 0 bridgehead atoms. The molecule has 1 amide bonds. The summed E-state index contributed by atoms with van der Waals surface area (Å²) in [7, 11) is 1.76. The van der Waals surface area contributed by atoms with E-state index in [9.17, 15) is 9.18 Å². The normalized spacial score (nSPS) is 11.9. The summed E-state index contributed by atoms with van der Waals surface area (Å²) in [5.74, 6) is -0.746. The summed E-state index contributed by atoms with van der Waals surface area (Å²) in [6.45, 7) is 2.48. The monoisotopic (exact) mass is 249 g/mol. The first-order valence-corrected chi connectivity index (χ1v) is 5.65. The third-order valence-corrected chi connectivity index (χ3v) is 2.33. The van der Waals surface area contributed by atoms with Gasteiger partial charge in [0.1, 0.15) is 5.82 Å². The van der Waals surface area contributed by atoms with Gasteiger partial charge in [0, 0.05) is 12.2 Å². The summed E-state index contributed by atoms with van der Waals surface area (Å²) < 4.78 is 12.9. The summed E-state index contributed by atoms with van der Waals surface area (Å²) in [6.07, 6.45) is 0. The molecule has 0 aromatic heterocycles. The van der Waals surface area contributed by atoms with Crippen molar-refractivity contribution in [2.45, 2.75) is 6.92 Å². The molecule has 1 N–H and O–H groups in total. The van der Waals surface area contributed by atoms with Crippen LogP contribution < -0.4 is 5.32 Å². The first-order chi connectivity index (χ1) is 8.51. The molecule has 0 saturated carbocycles. The second-order valence-electron chi connectivity index (χ2n) is 4.29. The second kappa shape index (κ2) is 6.72. The molecule has 0 radical (unpaired) electrons. The van der Waals surface area contributed by atoms with Crippen molar-refractivity contribution in [3.8, 4) is 6.07 Å². The maximum absolute atomic E-state index is 12.9. The Morgan fingerprint density at radius 3 is 2.94 bits per heavy atom. The van der Waals surface area contributed by atoms with Gasteiger partial charge in [-0.15, -0.1) is 0 Å². The summed E-state index contributed by atoms with van der Waals surface area (Å²) in [6, 6.07) is 7.84. The van der Waals surface area contributed by atoms with Crippen LogP contribution in [0.5, 0.6) is 0 Å². The van der Waals surface area contributed by atoms with Crippen molar-refractivity contribution >= 4 is 11.6 Å². The molecular weight excluding hydrogens is 233 g/mol. The molecule has 0 aliphatic heterocycles. The van der Waals surface area contributed by atoms with Gasteiger partial charge in [0.05, 0.1) is 18.5 Å². The van der Waals surface area contributed by atoms with Gasteiger partial charge in [-0.1, -0.05) is 6.07 Å². The van der Waals surface area contributed by atoms with Gasteiger partial charge in [0.2, 0.25) is 5.91 Å². The number of halogens is 1. The number of nitrogens with one attached hydrogen (secondary N) is 1. The highest BCUT2D eigenvalue weighted by Gasteiger charge is 2.10. The Morgan fingerprint density at radius 1 is 1.61 bits per heavy atom. The molecule has 0 aliphatic rings. The minimum absolute atomic E-state index is 0.128. The van der Waals surface area contributed by atoms with Crippen molar-refractivity contribution in [3.05, 3.63) is 30.1 Å². The van der Waals surface area contributed by atoms with E-state index in [1.54, 1.807) is 24.9 Å². The number of nitriles is 1. The molecule has 96 valence electrons. The fourth-order valence-electron chi connectivity index (χ4n) is 1.58. The van der Waals surface area contributed by atoms with Crippen molar-refractivity contribution in [1.82, 2.24) is 4.90 Å². The van der Waals surface area contributed by atoms with E-state index in [1.807, 2.05) is 0 Å². The molecule has 0 saturated heterocycles. The van der Waals surface area contributed by atoms with Gasteiger partial charge < -0.3 is 5.32 Å². The van der Waals surface area contributed by atoms with Crippen LogP contribution in [0.4, 0.5) is 10.1 Å². The van der Waals surface area contributed by atoms with Crippen LogP contribution in [0.2, 0.25) is 0 Å². The third-order valence-electron chi connectivity index (χ3n) is 2.33. The Hall–Kier alpha value is -1.93. The lowest BCUT2D eigenvalue weighted by Gasteiger charge is -2.17. The first kappa shape index (κ1) is 14.1. The molecule has 0 aliphatic carbocycles. The Bertz CT molecular complexity index is 456. The Labute approximate surface area is 106 Å². The van der Waals surface area contributed by atoms with E-state index < -0.39 is 0 Å². The van der Waals surface area contributed by atoms with Gasteiger partial charge in [-0.2, -0.15) is 5.26 Å². The molecule has 1 atom stereocenters. The second-order valence-corrected chi connectivity index (χ2v) is 4.29. The SMILES string of the molecule is CC(C#N)CN(C)CC(=O)Nc1cccc(F)c1. The van der Waals surface area contributed by atoms with Crippen molar-refractivity contribution in [1.29, 1.82) is 5.26 Å². The number of carbonyl (C=O) groups is 1. The molecule has 0 spiro atoms. The average Bonchev–Trinajstić information content (AvgIpc) is 2.28. The van der Waals surface area contributed by atoms with Crippen molar-refractivity contribution in [2.24, 2.45) is 5.92 Å². The lowest BCUT2D eigenvalue weighted by molar-refractivity contribution is -0.117. The topological polar surface area (TPSA) is 56.1 Å². The van der Waals surface area contributed by atoms with Gasteiger partial charge in [0.15, 0.2) is 0 Å². The molecule has 1 unspecified atom stereocenters. The molecule has 1 aromatic rings. The van der Waals surface area contributed by atoms with E-state index in [0.717, 1.165) is 0 Å². The minimum Gasteiger partial charge on any atom is -0.325 e. The van der Waals surface area contributed by atoms with Gasteiger partial charge in [-0.05, 0) is 32.2 Å². The Morgan fingerprint density at radius 2 is 2.33 bits per heavy atom. The van der Waals surface area contributed by atoms with Gasteiger partial charge in [-0.3, -0.25) is 9.69 Å². The molecule has 1 rings (SSSR count). The van der Waals surface area contributed by atoms with Gasteiger partial charge in [-0.25, -0.2) is 4.39 Å².